The van der Waals surface area contributed by atoms with Gasteiger partial charge in [0.1, 0.15) is 11.1 Å². The van der Waals surface area contributed by atoms with E-state index in [1.165, 1.54) is 17.8 Å². The van der Waals surface area contributed by atoms with E-state index >= 15 is 0 Å². The van der Waals surface area contributed by atoms with Crippen molar-refractivity contribution >= 4 is 33.7 Å². The van der Waals surface area contributed by atoms with Crippen LogP contribution >= 0.6 is 27.7 Å². The molecule has 0 heterocycles. The van der Waals surface area contributed by atoms with Gasteiger partial charge in [0.25, 0.3) is 0 Å². The maximum absolute atomic E-state index is 13.4. The number of aliphatic carboxylic acids is 1. The van der Waals surface area contributed by atoms with Gasteiger partial charge in [0.15, 0.2) is 0 Å². The Kier molecular flexibility index (Phi) is 5.82. The molecule has 2 rings (SSSR count). The molecular weight excluding hydrogens is 355 g/mol. The van der Waals surface area contributed by atoms with E-state index in [9.17, 15) is 14.3 Å². The van der Waals surface area contributed by atoms with E-state index in [1.807, 2.05) is 30.3 Å². The van der Waals surface area contributed by atoms with Gasteiger partial charge < -0.3 is 5.11 Å². The second-order valence-electron chi connectivity index (χ2n) is 4.54. The summed E-state index contributed by atoms with van der Waals surface area (Å²) >= 11 is 4.50. The SMILES string of the molecule is O=C(O)C(Cc1ccccc1)SCc1cccc(F)c1Br. The number of halogens is 2. The largest absolute Gasteiger partial charge is 0.480 e. The first-order valence-corrected chi connectivity index (χ1v) is 8.23. The number of carboxylic acids is 1. The molecule has 0 saturated carbocycles. The minimum Gasteiger partial charge on any atom is -0.480 e. The van der Waals surface area contributed by atoms with E-state index in [-0.39, 0.29) is 5.82 Å². The summed E-state index contributed by atoms with van der Waals surface area (Å²) in [5.74, 6) is -0.735. The number of thioether (sulfide) groups is 1. The normalized spacial score (nSPS) is 12.1. The van der Waals surface area contributed by atoms with Crippen molar-refractivity contribution in [3.63, 3.8) is 0 Å². The molecule has 5 heteroatoms. The lowest BCUT2D eigenvalue weighted by atomic mass is 10.1. The van der Waals surface area contributed by atoms with Crippen molar-refractivity contribution in [2.24, 2.45) is 0 Å². The molecule has 0 aliphatic heterocycles. The number of benzene rings is 2. The quantitative estimate of drug-likeness (QED) is 0.814. The fourth-order valence-corrected chi connectivity index (χ4v) is 3.56. The van der Waals surface area contributed by atoms with Gasteiger partial charge in [-0.2, -0.15) is 0 Å². The molecular formula is C16H14BrFO2S. The molecule has 1 N–H and O–H groups in total. The van der Waals surface area contributed by atoms with Gasteiger partial charge in [0, 0.05) is 5.75 Å². The molecule has 110 valence electrons. The van der Waals surface area contributed by atoms with Crippen LogP contribution in [0.1, 0.15) is 11.1 Å². The van der Waals surface area contributed by atoms with Gasteiger partial charge in [0.2, 0.25) is 0 Å². The van der Waals surface area contributed by atoms with Crippen LogP contribution in [0.3, 0.4) is 0 Å². The monoisotopic (exact) mass is 368 g/mol. The van der Waals surface area contributed by atoms with Crippen LogP contribution in [0.5, 0.6) is 0 Å². The van der Waals surface area contributed by atoms with Crippen LogP contribution in [0.2, 0.25) is 0 Å². The van der Waals surface area contributed by atoms with Crippen LogP contribution in [0.15, 0.2) is 53.0 Å². The molecule has 0 radical (unpaired) electrons. The first-order chi connectivity index (χ1) is 10.1. The summed E-state index contributed by atoms with van der Waals surface area (Å²) in [6.45, 7) is 0. The second kappa shape index (κ2) is 7.61. The first-order valence-electron chi connectivity index (χ1n) is 6.39. The standard InChI is InChI=1S/C16H14BrFO2S/c17-15-12(7-4-8-13(15)18)10-21-14(16(19)20)9-11-5-2-1-3-6-11/h1-8,14H,9-10H2,(H,19,20). The Morgan fingerprint density at radius 3 is 2.57 bits per heavy atom. The van der Waals surface area contributed by atoms with E-state index in [4.69, 9.17) is 0 Å². The Labute approximate surface area is 135 Å². The topological polar surface area (TPSA) is 37.3 Å². The lowest BCUT2D eigenvalue weighted by Gasteiger charge is -2.13. The molecule has 1 unspecified atom stereocenters. The van der Waals surface area contributed by atoms with E-state index in [0.29, 0.717) is 16.6 Å². The van der Waals surface area contributed by atoms with E-state index < -0.39 is 11.2 Å². The number of carboxylic acid groups (broad SMARTS) is 1. The smallest absolute Gasteiger partial charge is 0.316 e. The third-order valence-electron chi connectivity index (χ3n) is 3.01. The van der Waals surface area contributed by atoms with Crippen LogP contribution in [0, 0.1) is 5.82 Å². The van der Waals surface area contributed by atoms with E-state index in [1.54, 1.807) is 12.1 Å². The zero-order chi connectivity index (χ0) is 15.2. The van der Waals surface area contributed by atoms with Crippen molar-refractivity contribution in [3.05, 3.63) is 69.9 Å². The summed E-state index contributed by atoms with van der Waals surface area (Å²) < 4.78 is 13.8. The van der Waals surface area contributed by atoms with Crippen molar-refractivity contribution in [1.29, 1.82) is 0 Å². The Morgan fingerprint density at radius 1 is 1.19 bits per heavy atom. The third-order valence-corrected chi connectivity index (χ3v) is 5.15. The lowest BCUT2D eigenvalue weighted by molar-refractivity contribution is -0.136. The molecule has 21 heavy (non-hydrogen) atoms. The van der Waals surface area contributed by atoms with E-state index in [0.717, 1.165) is 11.1 Å². The number of rotatable bonds is 6. The van der Waals surface area contributed by atoms with Crippen molar-refractivity contribution in [2.75, 3.05) is 0 Å². The van der Waals surface area contributed by atoms with Gasteiger partial charge in [-0.3, -0.25) is 4.79 Å². The Morgan fingerprint density at radius 2 is 1.90 bits per heavy atom. The van der Waals surface area contributed by atoms with Crippen LogP contribution < -0.4 is 0 Å². The van der Waals surface area contributed by atoms with Crippen molar-refractivity contribution in [3.8, 4) is 0 Å². The highest BCUT2D eigenvalue weighted by Gasteiger charge is 2.19. The number of hydrogen-bond acceptors (Lipinski definition) is 2. The van der Waals surface area contributed by atoms with E-state index in [2.05, 4.69) is 15.9 Å². The van der Waals surface area contributed by atoms with Gasteiger partial charge in [-0.1, -0.05) is 42.5 Å². The van der Waals surface area contributed by atoms with Gasteiger partial charge in [0.05, 0.1) is 4.47 Å². The Hall–Kier alpha value is -1.33. The molecule has 0 bridgehead atoms. The average molecular weight is 369 g/mol. The molecule has 2 nitrogen and oxygen atoms in total. The molecule has 1 atom stereocenters. The summed E-state index contributed by atoms with van der Waals surface area (Å²) in [5.41, 5.74) is 1.75. The minimum absolute atomic E-state index is 0.331. The average Bonchev–Trinajstić information content (AvgIpc) is 2.48. The van der Waals surface area contributed by atoms with Crippen molar-refractivity contribution in [2.45, 2.75) is 17.4 Å². The molecule has 0 fully saturated rings. The number of carbonyl (C=O) groups is 1. The van der Waals surface area contributed by atoms with Crippen molar-refractivity contribution < 1.29 is 14.3 Å². The highest BCUT2D eigenvalue weighted by molar-refractivity contribution is 9.10. The molecule has 0 spiro atoms. The predicted octanol–water partition coefficient (Wildman–Crippen LogP) is 4.52. The molecule has 2 aromatic carbocycles. The Bertz CT molecular complexity index is 619. The first kappa shape index (κ1) is 16.0. The van der Waals surface area contributed by atoms with Crippen molar-refractivity contribution in [1.82, 2.24) is 0 Å². The zero-order valence-electron chi connectivity index (χ0n) is 11.1. The zero-order valence-corrected chi connectivity index (χ0v) is 13.5. The van der Waals surface area contributed by atoms with Crippen LogP contribution in [-0.2, 0) is 17.0 Å². The van der Waals surface area contributed by atoms with Gasteiger partial charge in [-0.15, -0.1) is 11.8 Å². The third kappa shape index (κ3) is 4.58. The van der Waals surface area contributed by atoms with Gasteiger partial charge in [-0.05, 0) is 39.5 Å². The summed E-state index contributed by atoms with van der Waals surface area (Å²) in [6.07, 6.45) is 0.452. The summed E-state index contributed by atoms with van der Waals surface area (Å²) in [5, 5.41) is 8.78. The molecule has 2 aromatic rings. The lowest BCUT2D eigenvalue weighted by Crippen LogP contribution is -2.19. The summed E-state index contributed by atoms with van der Waals surface area (Å²) in [7, 11) is 0. The fraction of sp³-hybridized carbons (Fsp3) is 0.188. The van der Waals surface area contributed by atoms with Gasteiger partial charge in [-0.25, -0.2) is 4.39 Å². The fourth-order valence-electron chi connectivity index (χ4n) is 1.90. The number of hydrogen-bond donors (Lipinski definition) is 1. The van der Waals surface area contributed by atoms with Crippen LogP contribution in [0.25, 0.3) is 0 Å². The maximum atomic E-state index is 13.4. The minimum atomic E-state index is -0.851. The van der Waals surface area contributed by atoms with Crippen LogP contribution in [0.4, 0.5) is 4.39 Å². The summed E-state index contributed by atoms with van der Waals surface area (Å²) in [6, 6.07) is 14.3. The highest BCUT2D eigenvalue weighted by Crippen LogP contribution is 2.27. The Balaban J connectivity index is 2.04. The molecule has 0 aliphatic carbocycles. The van der Waals surface area contributed by atoms with Crippen LogP contribution in [-0.4, -0.2) is 16.3 Å². The van der Waals surface area contributed by atoms with Gasteiger partial charge >= 0.3 is 5.97 Å². The second-order valence-corrected chi connectivity index (χ2v) is 6.52. The molecule has 0 aromatic heterocycles. The predicted molar refractivity (Wildman–Crippen MR) is 87.0 cm³/mol. The molecule has 0 saturated heterocycles. The molecule has 0 aliphatic rings. The highest BCUT2D eigenvalue weighted by atomic mass is 79.9. The summed E-state index contributed by atoms with van der Waals surface area (Å²) in [4.78, 5) is 11.4. The maximum Gasteiger partial charge on any atom is 0.316 e. The molecule has 0 amide bonds.